The van der Waals surface area contributed by atoms with Crippen LogP contribution >= 0.6 is 0 Å². The van der Waals surface area contributed by atoms with E-state index in [4.69, 9.17) is 14.2 Å². The molecule has 0 unspecified atom stereocenters. The quantitative estimate of drug-likeness (QED) is 0.752. The van der Waals surface area contributed by atoms with E-state index < -0.39 is 11.9 Å². The summed E-state index contributed by atoms with van der Waals surface area (Å²) in [5.41, 5.74) is 1.08. The minimum atomic E-state index is -0.529. The Kier molecular flexibility index (Phi) is 6.33. The van der Waals surface area contributed by atoms with Crippen molar-refractivity contribution in [1.29, 1.82) is 0 Å². The van der Waals surface area contributed by atoms with E-state index in [0.29, 0.717) is 36.1 Å². The van der Waals surface area contributed by atoms with Crippen molar-refractivity contribution in [1.82, 2.24) is 0 Å². The molecule has 2 amide bonds. The van der Waals surface area contributed by atoms with E-state index in [2.05, 4.69) is 5.32 Å². The van der Waals surface area contributed by atoms with Crippen molar-refractivity contribution in [2.75, 3.05) is 36.6 Å². The van der Waals surface area contributed by atoms with E-state index in [9.17, 15) is 14.4 Å². The van der Waals surface area contributed by atoms with Gasteiger partial charge in [-0.05, 0) is 31.2 Å². The molecule has 0 aromatic heterocycles. The largest absolute Gasteiger partial charge is 0.486 e. The van der Waals surface area contributed by atoms with Crippen molar-refractivity contribution in [2.24, 2.45) is 0 Å². The first-order chi connectivity index (χ1) is 14.0. The molecule has 8 heteroatoms. The number of para-hydroxylation sites is 1. The predicted octanol–water partition coefficient (Wildman–Crippen LogP) is 2.63. The summed E-state index contributed by atoms with van der Waals surface area (Å²) in [6.45, 7) is 3.95. The Balaban J connectivity index is 1.76. The number of carbonyl (C=O) groups is 3. The number of amides is 2. The van der Waals surface area contributed by atoms with Gasteiger partial charge in [-0.15, -0.1) is 0 Å². The maximum absolute atomic E-state index is 12.6. The molecule has 2 aromatic carbocycles. The Hall–Kier alpha value is -3.55. The van der Waals surface area contributed by atoms with E-state index in [-0.39, 0.29) is 24.6 Å². The molecule has 2 aromatic rings. The smallest absolute Gasteiger partial charge is 0.340 e. The molecule has 0 saturated carbocycles. The van der Waals surface area contributed by atoms with Crippen molar-refractivity contribution in [2.45, 2.75) is 13.8 Å². The Morgan fingerprint density at radius 1 is 1.07 bits per heavy atom. The summed E-state index contributed by atoms with van der Waals surface area (Å²) in [6, 6.07) is 11.6. The number of esters is 1. The van der Waals surface area contributed by atoms with Crippen LogP contribution in [0, 0.1) is 0 Å². The van der Waals surface area contributed by atoms with Crippen LogP contribution in [0.5, 0.6) is 11.5 Å². The molecule has 0 spiro atoms. The van der Waals surface area contributed by atoms with Crippen molar-refractivity contribution in [3.05, 3.63) is 48.0 Å². The second-order valence-electron chi connectivity index (χ2n) is 6.25. The van der Waals surface area contributed by atoms with Gasteiger partial charge in [0.05, 0.1) is 17.9 Å². The molecule has 0 radical (unpaired) electrons. The molecule has 0 fully saturated rings. The first kappa shape index (κ1) is 20.2. The molecule has 0 aliphatic carbocycles. The minimum Gasteiger partial charge on any atom is -0.486 e. The molecule has 0 saturated heterocycles. The molecular weight excluding hydrogens is 376 g/mol. The fourth-order valence-corrected chi connectivity index (χ4v) is 2.90. The Bertz CT molecular complexity index is 927. The van der Waals surface area contributed by atoms with E-state index in [1.54, 1.807) is 49.4 Å². The van der Waals surface area contributed by atoms with E-state index in [1.807, 2.05) is 0 Å². The van der Waals surface area contributed by atoms with Crippen LogP contribution < -0.4 is 19.7 Å². The highest BCUT2D eigenvalue weighted by molar-refractivity contribution is 6.05. The van der Waals surface area contributed by atoms with Gasteiger partial charge in [0, 0.05) is 18.7 Å². The highest BCUT2D eigenvalue weighted by Crippen LogP contribution is 2.34. The molecule has 1 aliphatic heterocycles. The van der Waals surface area contributed by atoms with Gasteiger partial charge < -0.3 is 24.4 Å². The summed E-state index contributed by atoms with van der Waals surface area (Å²) < 4.78 is 16.0. The number of carbonyl (C=O) groups excluding carboxylic acids is 3. The van der Waals surface area contributed by atoms with Gasteiger partial charge in [0.15, 0.2) is 11.5 Å². The maximum Gasteiger partial charge on any atom is 0.340 e. The zero-order valence-corrected chi connectivity index (χ0v) is 16.3. The topological polar surface area (TPSA) is 94.2 Å². The molecule has 8 nitrogen and oxygen atoms in total. The minimum absolute atomic E-state index is 0.226. The monoisotopic (exact) mass is 398 g/mol. The van der Waals surface area contributed by atoms with E-state index >= 15 is 0 Å². The first-order valence-corrected chi connectivity index (χ1v) is 9.23. The number of hydrogen-bond acceptors (Lipinski definition) is 6. The zero-order chi connectivity index (χ0) is 20.8. The second kappa shape index (κ2) is 9.09. The number of fused-ring (bicyclic) bond motifs is 1. The van der Waals surface area contributed by atoms with Gasteiger partial charge in [-0.1, -0.05) is 12.1 Å². The van der Waals surface area contributed by atoms with Crippen LogP contribution in [0.3, 0.4) is 0 Å². The van der Waals surface area contributed by atoms with Gasteiger partial charge in [0.1, 0.15) is 19.8 Å². The average Bonchev–Trinajstić information content (AvgIpc) is 2.72. The molecule has 29 heavy (non-hydrogen) atoms. The molecule has 1 aliphatic rings. The Morgan fingerprint density at radius 2 is 1.79 bits per heavy atom. The molecule has 0 atom stereocenters. The number of rotatable bonds is 6. The van der Waals surface area contributed by atoms with Crippen molar-refractivity contribution in [3.8, 4) is 11.5 Å². The number of nitrogens with one attached hydrogen (secondary N) is 1. The lowest BCUT2D eigenvalue weighted by Crippen LogP contribution is -2.37. The third-order valence-electron chi connectivity index (χ3n) is 4.22. The zero-order valence-electron chi connectivity index (χ0n) is 16.3. The molecule has 3 rings (SSSR count). The number of ether oxygens (including phenoxy) is 3. The Labute approximate surface area is 168 Å². The first-order valence-electron chi connectivity index (χ1n) is 9.23. The normalized spacial score (nSPS) is 12.1. The van der Waals surface area contributed by atoms with Crippen molar-refractivity contribution in [3.63, 3.8) is 0 Å². The molecule has 152 valence electrons. The van der Waals surface area contributed by atoms with Crippen LogP contribution in [-0.2, 0) is 14.3 Å². The summed E-state index contributed by atoms with van der Waals surface area (Å²) in [6.07, 6.45) is 0. The predicted molar refractivity (Wildman–Crippen MR) is 106 cm³/mol. The lowest BCUT2D eigenvalue weighted by atomic mass is 10.1. The van der Waals surface area contributed by atoms with Gasteiger partial charge in [-0.25, -0.2) is 4.79 Å². The average molecular weight is 398 g/mol. The standard InChI is InChI=1S/C21H22N2O6/c1-3-27-21(26)16-6-4-5-7-17(16)22-20(25)13-23(14(2)24)15-8-9-18-19(12-15)29-11-10-28-18/h4-9,12H,3,10-11,13H2,1-2H3,(H,22,25). The lowest BCUT2D eigenvalue weighted by molar-refractivity contribution is -0.120. The van der Waals surface area contributed by atoms with E-state index in [0.717, 1.165) is 0 Å². The summed E-state index contributed by atoms with van der Waals surface area (Å²) in [7, 11) is 0. The number of benzene rings is 2. The van der Waals surface area contributed by atoms with Crippen LogP contribution in [0.2, 0.25) is 0 Å². The lowest BCUT2D eigenvalue weighted by Gasteiger charge is -2.24. The third kappa shape index (κ3) is 4.84. The number of hydrogen-bond donors (Lipinski definition) is 1. The summed E-state index contributed by atoms with van der Waals surface area (Å²) in [4.78, 5) is 38.2. The Morgan fingerprint density at radius 3 is 2.52 bits per heavy atom. The van der Waals surface area contributed by atoms with Crippen LogP contribution in [0.15, 0.2) is 42.5 Å². The molecule has 1 heterocycles. The van der Waals surface area contributed by atoms with Gasteiger partial charge in [-0.2, -0.15) is 0 Å². The van der Waals surface area contributed by atoms with Crippen LogP contribution in [0.25, 0.3) is 0 Å². The molecular formula is C21H22N2O6. The van der Waals surface area contributed by atoms with Crippen LogP contribution in [0.1, 0.15) is 24.2 Å². The van der Waals surface area contributed by atoms with Crippen molar-refractivity contribution < 1.29 is 28.6 Å². The fourth-order valence-electron chi connectivity index (χ4n) is 2.90. The summed E-state index contributed by atoms with van der Waals surface area (Å²) in [5.74, 6) is -0.176. The van der Waals surface area contributed by atoms with Crippen LogP contribution in [0.4, 0.5) is 11.4 Å². The fraction of sp³-hybridized carbons (Fsp3) is 0.286. The van der Waals surface area contributed by atoms with Crippen LogP contribution in [-0.4, -0.2) is 44.1 Å². The summed E-state index contributed by atoms with van der Waals surface area (Å²) in [5, 5.41) is 2.68. The van der Waals surface area contributed by atoms with E-state index in [1.165, 1.54) is 11.8 Å². The number of nitrogens with zero attached hydrogens (tertiary/aromatic N) is 1. The number of anilines is 2. The summed E-state index contributed by atoms with van der Waals surface area (Å²) >= 11 is 0. The third-order valence-corrected chi connectivity index (χ3v) is 4.22. The second-order valence-corrected chi connectivity index (χ2v) is 6.25. The van der Waals surface area contributed by atoms with Gasteiger partial charge in [-0.3, -0.25) is 9.59 Å². The molecule has 0 bridgehead atoms. The van der Waals surface area contributed by atoms with Gasteiger partial charge in [0.2, 0.25) is 11.8 Å². The molecule has 1 N–H and O–H groups in total. The van der Waals surface area contributed by atoms with Gasteiger partial charge >= 0.3 is 5.97 Å². The maximum atomic E-state index is 12.6. The highest BCUT2D eigenvalue weighted by Gasteiger charge is 2.21. The van der Waals surface area contributed by atoms with Crippen molar-refractivity contribution >= 4 is 29.2 Å². The van der Waals surface area contributed by atoms with Gasteiger partial charge in [0.25, 0.3) is 0 Å². The highest BCUT2D eigenvalue weighted by atomic mass is 16.6. The SMILES string of the molecule is CCOC(=O)c1ccccc1NC(=O)CN(C(C)=O)c1ccc2c(c1)OCCO2.